The van der Waals surface area contributed by atoms with Gasteiger partial charge in [-0.05, 0) is 24.6 Å². The summed E-state index contributed by atoms with van der Waals surface area (Å²) in [6.07, 6.45) is 3.01. The first-order valence-corrected chi connectivity index (χ1v) is 8.09. The van der Waals surface area contributed by atoms with Gasteiger partial charge in [-0.2, -0.15) is 0 Å². The number of unbranched alkanes of at least 4 members (excludes halogenated alkanes) is 2. The second-order valence-corrected chi connectivity index (χ2v) is 6.26. The summed E-state index contributed by atoms with van der Waals surface area (Å²) < 4.78 is 11.6. The van der Waals surface area contributed by atoms with Gasteiger partial charge in [-0.3, -0.25) is 9.00 Å². The van der Waals surface area contributed by atoms with Crippen LogP contribution in [-0.2, 0) is 15.6 Å². The Morgan fingerprint density at radius 2 is 2.16 bits per heavy atom. The fourth-order valence-corrected chi connectivity index (χ4v) is 2.70. The van der Waals surface area contributed by atoms with Crippen LogP contribution in [0.1, 0.15) is 26.2 Å². The molecule has 0 aromatic heterocycles. The molecular weight excluding hydrogens is 284 g/mol. The molecule has 0 aliphatic carbocycles. The minimum atomic E-state index is -1.10. The van der Waals surface area contributed by atoms with Crippen molar-refractivity contribution in [2.24, 2.45) is 0 Å². The molecule has 1 aromatic rings. The maximum absolute atomic E-state index is 11.7. The molecule has 106 valence electrons. The summed E-state index contributed by atoms with van der Waals surface area (Å²) in [7, 11) is -1.10. The van der Waals surface area contributed by atoms with E-state index >= 15 is 0 Å². The predicted octanol–water partition coefficient (Wildman–Crippen LogP) is 2.80. The molecule has 0 saturated heterocycles. The van der Waals surface area contributed by atoms with Gasteiger partial charge in [0, 0.05) is 22.2 Å². The SMILES string of the molecule is CCCCCS(=O)CC(=O)Nc1ccc(Cl)c(N)c1. The van der Waals surface area contributed by atoms with Gasteiger partial charge in [-0.15, -0.1) is 0 Å². The minimum Gasteiger partial charge on any atom is -0.397 e. The van der Waals surface area contributed by atoms with E-state index < -0.39 is 10.8 Å². The number of nitrogens with two attached hydrogens (primary N) is 1. The molecule has 1 aromatic carbocycles. The summed E-state index contributed by atoms with van der Waals surface area (Å²) >= 11 is 5.79. The van der Waals surface area contributed by atoms with E-state index in [9.17, 15) is 9.00 Å². The summed E-state index contributed by atoms with van der Waals surface area (Å²) in [5.41, 5.74) is 6.61. The Hall–Kier alpha value is -1.07. The number of hydrogen-bond donors (Lipinski definition) is 2. The number of amides is 1. The van der Waals surface area contributed by atoms with Crippen molar-refractivity contribution in [2.75, 3.05) is 22.6 Å². The zero-order chi connectivity index (χ0) is 14.3. The van der Waals surface area contributed by atoms with Gasteiger partial charge in [-0.1, -0.05) is 31.4 Å². The second-order valence-electron chi connectivity index (χ2n) is 4.28. The molecule has 3 N–H and O–H groups in total. The van der Waals surface area contributed by atoms with Gasteiger partial charge in [0.25, 0.3) is 0 Å². The van der Waals surface area contributed by atoms with Gasteiger partial charge in [0.1, 0.15) is 5.75 Å². The van der Waals surface area contributed by atoms with Crippen molar-refractivity contribution in [1.82, 2.24) is 0 Å². The summed E-state index contributed by atoms with van der Waals surface area (Å²) in [5.74, 6) is 0.326. The molecule has 0 bridgehead atoms. The van der Waals surface area contributed by atoms with Crippen molar-refractivity contribution in [2.45, 2.75) is 26.2 Å². The van der Waals surface area contributed by atoms with E-state index in [1.54, 1.807) is 18.2 Å². The number of hydrogen-bond acceptors (Lipinski definition) is 3. The first kappa shape index (κ1) is 16.0. The number of halogens is 1. The zero-order valence-corrected chi connectivity index (χ0v) is 12.5. The largest absolute Gasteiger partial charge is 0.397 e. The van der Waals surface area contributed by atoms with Crippen LogP contribution < -0.4 is 11.1 Å². The third-order valence-corrected chi connectivity index (χ3v) is 4.22. The molecule has 0 saturated carbocycles. The number of nitrogen functional groups attached to an aromatic ring is 1. The van der Waals surface area contributed by atoms with E-state index in [-0.39, 0.29) is 11.7 Å². The highest BCUT2D eigenvalue weighted by Gasteiger charge is 2.08. The number of carbonyl (C=O) groups excluding carboxylic acids is 1. The Labute approximate surface area is 121 Å². The zero-order valence-electron chi connectivity index (χ0n) is 10.9. The van der Waals surface area contributed by atoms with Gasteiger partial charge in [0.05, 0.1) is 10.7 Å². The highest BCUT2D eigenvalue weighted by atomic mass is 35.5. The quantitative estimate of drug-likeness (QED) is 0.601. The van der Waals surface area contributed by atoms with Crippen LogP contribution in [0.5, 0.6) is 0 Å². The monoisotopic (exact) mass is 302 g/mol. The third-order valence-electron chi connectivity index (χ3n) is 2.55. The maximum Gasteiger partial charge on any atom is 0.236 e. The summed E-state index contributed by atoms with van der Waals surface area (Å²) in [5, 5.41) is 3.11. The van der Waals surface area contributed by atoms with Gasteiger partial charge in [0.2, 0.25) is 5.91 Å². The molecule has 0 radical (unpaired) electrons. The van der Waals surface area contributed by atoms with Crippen LogP contribution in [0.2, 0.25) is 5.02 Å². The number of benzene rings is 1. The van der Waals surface area contributed by atoms with E-state index in [1.807, 2.05) is 0 Å². The molecule has 0 spiro atoms. The lowest BCUT2D eigenvalue weighted by Gasteiger charge is -2.07. The fraction of sp³-hybridized carbons (Fsp3) is 0.462. The summed E-state index contributed by atoms with van der Waals surface area (Å²) in [6.45, 7) is 2.08. The van der Waals surface area contributed by atoms with E-state index in [2.05, 4.69) is 12.2 Å². The van der Waals surface area contributed by atoms with Crippen molar-refractivity contribution in [3.05, 3.63) is 23.2 Å². The van der Waals surface area contributed by atoms with Crippen molar-refractivity contribution < 1.29 is 9.00 Å². The van der Waals surface area contributed by atoms with E-state index in [0.717, 1.165) is 19.3 Å². The standard InChI is InChI=1S/C13H19ClN2O2S/c1-2-3-4-7-19(18)9-13(17)16-10-5-6-11(14)12(15)8-10/h5-6,8H,2-4,7,9,15H2,1H3,(H,16,17). The van der Waals surface area contributed by atoms with Crippen LogP contribution in [0, 0.1) is 0 Å². The molecule has 0 heterocycles. The predicted molar refractivity (Wildman–Crippen MR) is 81.9 cm³/mol. The molecule has 0 aliphatic heterocycles. The lowest BCUT2D eigenvalue weighted by molar-refractivity contribution is -0.113. The van der Waals surface area contributed by atoms with E-state index in [1.165, 1.54) is 0 Å². The number of nitrogens with one attached hydrogen (secondary N) is 1. The van der Waals surface area contributed by atoms with Gasteiger partial charge in [0.15, 0.2) is 0 Å². The normalized spacial score (nSPS) is 12.1. The Balaban J connectivity index is 2.42. The first-order valence-electron chi connectivity index (χ1n) is 6.22. The lowest BCUT2D eigenvalue weighted by Crippen LogP contribution is -2.20. The molecule has 1 rings (SSSR count). The van der Waals surface area contributed by atoms with Crippen LogP contribution >= 0.6 is 11.6 Å². The summed E-state index contributed by atoms with van der Waals surface area (Å²) in [6, 6.07) is 4.86. The van der Waals surface area contributed by atoms with Crippen LogP contribution in [0.15, 0.2) is 18.2 Å². The number of anilines is 2. The maximum atomic E-state index is 11.7. The molecule has 0 aliphatic rings. The van der Waals surface area contributed by atoms with Crippen LogP contribution in [0.4, 0.5) is 11.4 Å². The fourth-order valence-electron chi connectivity index (χ4n) is 1.55. The minimum absolute atomic E-state index is 0.0201. The lowest BCUT2D eigenvalue weighted by atomic mass is 10.3. The molecule has 1 unspecified atom stereocenters. The van der Waals surface area contributed by atoms with Gasteiger partial charge >= 0.3 is 0 Å². The Morgan fingerprint density at radius 3 is 2.79 bits per heavy atom. The first-order chi connectivity index (χ1) is 9.02. The smallest absolute Gasteiger partial charge is 0.236 e. The Kier molecular flexibility index (Phi) is 6.87. The van der Waals surface area contributed by atoms with Crippen LogP contribution in [0.25, 0.3) is 0 Å². The molecule has 1 amide bonds. The third kappa shape index (κ3) is 6.07. The average Bonchev–Trinajstić information content (AvgIpc) is 2.34. The molecule has 1 atom stereocenters. The van der Waals surface area contributed by atoms with Crippen LogP contribution in [0.3, 0.4) is 0 Å². The van der Waals surface area contributed by atoms with Crippen molar-refractivity contribution >= 4 is 39.7 Å². The topological polar surface area (TPSA) is 72.2 Å². The van der Waals surface area contributed by atoms with E-state index in [4.69, 9.17) is 17.3 Å². The summed E-state index contributed by atoms with van der Waals surface area (Å²) in [4.78, 5) is 11.7. The average molecular weight is 303 g/mol. The van der Waals surface area contributed by atoms with Crippen molar-refractivity contribution in [1.29, 1.82) is 0 Å². The number of carbonyl (C=O) groups is 1. The van der Waals surface area contributed by atoms with Crippen LogP contribution in [-0.4, -0.2) is 21.6 Å². The molecule has 4 nitrogen and oxygen atoms in total. The molecule has 19 heavy (non-hydrogen) atoms. The Morgan fingerprint density at radius 1 is 1.42 bits per heavy atom. The highest BCUT2D eigenvalue weighted by Crippen LogP contribution is 2.22. The molecule has 0 fully saturated rings. The van der Waals surface area contributed by atoms with Gasteiger partial charge < -0.3 is 11.1 Å². The van der Waals surface area contributed by atoms with Crippen molar-refractivity contribution in [3.63, 3.8) is 0 Å². The second kappa shape index (κ2) is 8.17. The van der Waals surface area contributed by atoms with Gasteiger partial charge in [-0.25, -0.2) is 0 Å². The molecular formula is C13H19ClN2O2S. The van der Waals surface area contributed by atoms with Crippen molar-refractivity contribution in [3.8, 4) is 0 Å². The van der Waals surface area contributed by atoms with E-state index in [0.29, 0.717) is 22.2 Å². The molecule has 6 heteroatoms. The number of rotatable bonds is 7. The highest BCUT2D eigenvalue weighted by molar-refractivity contribution is 7.85. The Bertz CT molecular complexity index is 466.